The molecule has 0 atom stereocenters. The Labute approximate surface area is 192 Å². The minimum atomic E-state index is -0.682. The molecule has 0 spiro atoms. The van der Waals surface area contributed by atoms with Crippen LogP contribution in [0.15, 0.2) is 0 Å². The van der Waals surface area contributed by atoms with Gasteiger partial charge in [0, 0.05) is 12.8 Å². The summed E-state index contributed by atoms with van der Waals surface area (Å²) in [5.41, 5.74) is 0. The first-order valence-corrected chi connectivity index (χ1v) is 13.1. The van der Waals surface area contributed by atoms with E-state index in [1.807, 2.05) is 0 Å². The average Bonchev–Trinajstić information content (AvgIpc) is 2.74. The maximum Gasteiger partial charge on any atom is 0.305 e. The van der Waals surface area contributed by atoms with Crippen LogP contribution in [-0.2, 0) is 14.3 Å². The molecule has 0 saturated carbocycles. The predicted molar refractivity (Wildman–Crippen MR) is 129 cm³/mol. The van der Waals surface area contributed by atoms with Gasteiger partial charge in [0.25, 0.3) is 0 Å². The van der Waals surface area contributed by atoms with Gasteiger partial charge in [0.15, 0.2) is 0 Å². The Hall–Kier alpha value is -1.10. The van der Waals surface area contributed by atoms with Crippen molar-refractivity contribution in [3.63, 3.8) is 0 Å². The number of rotatable bonds is 24. The van der Waals surface area contributed by atoms with E-state index in [0.717, 1.165) is 51.6 Å². The second-order valence-corrected chi connectivity index (χ2v) is 9.07. The van der Waals surface area contributed by atoms with Crippen LogP contribution in [0.4, 0.5) is 0 Å². The fourth-order valence-corrected chi connectivity index (χ4v) is 3.80. The van der Waals surface area contributed by atoms with Crippen LogP contribution in [-0.4, -0.2) is 48.7 Å². The topological polar surface area (TPSA) is 66.8 Å². The number of ether oxygens (including phenoxy) is 1. The Balaban J connectivity index is 3.28. The van der Waals surface area contributed by atoms with Crippen molar-refractivity contribution in [3.05, 3.63) is 0 Å². The number of carbonyl (C=O) groups is 2. The lowest BCUT2D eigenvalue weighted by atomic mass is 10.1. The number of hydrogen-bond donors (Lipinski definition) is 1. The molecule has 0 rings (SSSR count). The van der Waals surface area contributed by atoms with Gasteiger partial charge < -0.3 is 14.7 Å². The van der Waals surface area contributed by atoms with E-state index in [2.05, 4.69) is 18.9 Å². The van der Waals surface area contributed by atoms with Crippen LogP contribution in [0.1, 0.15) is 129 Å². The molecule has 1 N–H and O–H groups in total. The quantitative estimate of drug-likeness (QED) is 0.129. The van der Waals surface area contributed by atoms with Gasteiger partial charge in [-0.05, 0) is 52.2 Å². The zero-order chi connectivity index (χ0) is 23.0. The number of carbonyl (C=O) groups excluding carboxylic acids is 1. The standard InChI is InChI=1S/C26H51NO4/c1-3-4-5-6-7-14-19-24-31-26(30)21-16-11-9-13-18-23-27(2)22-17-12-8-10-15-20-25(28)29/h3-24H2,1-2H3,(H,28,29). The van der Waals surface area contributed by atoms with Gasteiger partial charge in [-0.2, -0.15) is 0 Å². The molecular formula is C26H51NO4. The molecule has 0 aromatic rings. The smallest absolute Gasteiger partial charge is 0.305 e. The molecule has 5 nitrogen and oxygen atoms in total. The number of hydrogen-bond acceptors (Lipinski definition) is 4. The van der Waals surface area contributed by atoms with E-state index < -0.39 is 5.97 Å². The van der Waals surface area contributed by atoms with E-state index in [-0.39, 0.29) is 5.97 Å². The Morgan fingerprint density at radius 3 is 1.65 bits per heavy atom. The summed E-state index contributed by atoms with van der Waals surface area (Å²) in [5.74, 6) is -0.702. The van der Waals surface area contributed by atoms with Gasteiger partial charge in [0.05, 0.1) is 6.61 Å². The second-order valence-electron chi connectivity index (χ2n) is 9.07. The summed E-state index contributed by atoms with van der Waals surface area (Å²) in [6, 6.07) is 0. The van der Waals surface area contributed by atoms with Gasteiger partial charge in [0.1, 0.15) is 0 Å². The summed E-state index contributed by atoms with van der Waals surface area (Å²) in [6.07, 6.45) is 20.7. The van der Waals surface area contributed by atoms with E-state index in [1.54, 1.807) is 0 Å². The summed E-state index contributed by atoms with van der Waals surface area (Å²) < 4.78 is 5.34. The molecule has 184 valence electrons. The van der Waals surface area contributed by atoms with Crippen LogP contribution in [0.3, 0.4) is 0 Å². The van der Waals surface area contributed by atoms with E-state index >= 15 is 0 Å². The van der Waals surface area contributed by atoms with Crippen molar-refractivity contribution in [2.45, 2.75) is 129 Å². The largest absolute Gasteiger partial charge is 0.481 e. The fourth-order valence-electron chi connectivity index (χ4n) is 3.80. The number of aliphatic carboxylic acids is 1. The molecule has 31 heavy (non-hydrogen) atoms. The molecule has 0 heterocycles. The highest BCUT2D eigenvalue weighted by Crippen LogP contribution is 2.10. The Kier molecular flexibility index (Phi) is 22.7. The van der Waals surface area contributed by atoms with Crippen molar-refractivity contribution < 1.29 is 19.4 Å². The van der Waals surface area contributed by atoms with Crippen LogP contribution < -0.4 is 0 Å². The van der Waals surface area contributed by atoms with Crippen LogP contribution in [0.2, 0.25) is 0 Å². The number of nitrogens with zero attached hydrogens (tertiary/aromatic N) is 1. The Bertz CT molecular complexity index is 414. The zero-order valence-electron chi connectivity index (χ0n) is 20.7. The fraction of sp³-hybridized carbons (Fsp3) is 0.923. The highest BCUT2D eigenvalue weighted by molar-refractivity contribution is 5.69. The number of unbranched alkanes of at least 4 members (excludes halogenated alkanes) is 14. The maximum absolute atomic E-state index is 11.8. The van der Waals surface area contributed by atoms with Crippen LogP contribution in [0.25, 0.3) is 0 Å². The third-order valence-corrected chi connectivity index (χ3v) is 5.86. The molecule has 0 fully saturated rings. The molecule has 0 amide bonds. The molecular weight excluding hydrogens is 390 g/mol. The van der Waals surface area contributed by atoms with Crippen molar-refractivity contribution in [1.29, 1.82) is 0 Å². The summed E-state index contributed by atoms with van der Waals surface area (Å²) >= 11 is 0. The molecule has 0 aliphatic rings. The molecule has 0 aromatic carbocycles. The Morgan fingerprint density at radius 2 is 1.10 bits per heavy atom. The molecule has 0 unspecified atom stereocenters. The molecule has 0 aliphatic heterocycles. The highest BCUT2D eigenvalue weighted by atomic mass is 16.5. The molecule has 0 aliphatic carbocycles. The highest BCUT2D eigenvalue weighted by Gasteiger charge is 2.03. The number of carboxylic acids is 1. The SMILES string of the molecule is CCCCCCCCCOC(=O)CCCCCCCN(C)CCCCCCCC(=O)O. The van der Waals surface area contributed by atoms with Gasteiger partial charge in [-0.15, -0.1) is 0 Å². The van der Waals surface area contributed by atoms with Crippen molar-refractivity contribution in [1.82, 2.24) is 4.90 Å². The van der Waals surface area contributed by atoms with E-state index in [4.69, 9.17) is 9.84 Å². The third kappa shape index (κ3) is 25.0. The first-order chi connectivity index (χ1) is 15.1. The summed E-state index contributed by atoms with van der Waals surface area (Å²) in [5, 5.41) is 8.61. The van der Waals surface area contributed by atoms with Crippen molar-refractivity contribution in [2.24, 2.45) is 0 Å². The first kappa shape index (κ1) is 29.9. The minimum Gasteiger partial charge on any atom is -0.481 e. The number of esters is 1. The minimum absolute atomic E-state index is 0.0197. The first-order valence-electron chi connectivity index (χ1n) is 13.1. The number of carboxylic acid groups (broad SMARTS) is 1. The van der Waals surface area contributed by atoms with Crippen LogP contribution in [0, 0.1) is 0 Å². The Morgan fingerprint density at radius 1 is 0.645 bits per heavy atom. The van der Waals surface area contributed by atoms with E-state index in [1.165, 1.54) is 70.6 Å². The molecule has 0 bridgehead atoms. The van der Waals surface area contributed by atoms with Crippen LogP contribution >= 0.6 is 0 Å². The maximum atomic E-state index is 11.8. The van der Waals surface area contributed by atoms with Gasteiger partial charge in [-0.3, -0.25) is 9.59 Å². The third-order valence-electron chi connectivity index (χ3n) is 5.86. The van der Waals surface area contributed by atoms with E-state index in [9.17, 15) is 9.59 Å². The monoisotopic (exact) mass is 441 g/mol. The van der Waals surface area contributed by atoms with Gasteiger partial charge in [-0.25, -0.2) is 0 Å². The molecule has 0 radical (unpaired) electrons. The lowest BCUT2D eigenvalue weighted by Crippen LogP contribution is -2.20. The molecule has 0 aromatic heterocycles. The van der Waals surface area contributed by atoms with Gasteiger partial charge in [-0.1, -0.05) is 84.0 Å². The van der Waals surface area contributed by atoms with Crippen LogP contribution in [0.5, 0.6) is 0 Å². The molecule has 0 saturated heterocycles. The average molecular weight is 442 g/mol. The summed E-state index contributed by atoms with van der Waals surface area (Å²) in [4.78, 5) is 24.6. The lowest BCUT2D eigenvalue weighted by Gasteiger charge is -2.16. The van der Waals surface area contributed by atoms with Crippen molar-refractivity contribution in [3.8, 4) is 0 Å². The van der Waals surface area contributed by atoms with Gasteiger partial charge in [0.2, 0.25) is 0 Å². The normalized spacial score (nSPS) is 11.2. The lowest BCUT2D eigenvalue weighted by molar-refractivity contribution is -0.144. The summed E-state index contributed by atoms with van der Waals surface area (Å²) in [7, 11) is 2.19. The second kappa shape index (κ2) is 23.6. The van der Waals surface area contributed by atoms with E-state index in [0.29, 0.717) is 19.4 Å². The van der Waals surface area contributed by atoms with Crippen molar-refractivity contribution >= 4 is 11.9 Å². The predicted octanol–water partition coefficient (Wildman–Crippen LogP) is 6.98. The van der Waals surface area contributed by atoms with Gasteiger partial charge >= 0.3 is 11.9 Å². The van der Waals surface area contributed by atoms with Crippen molar-refractivity contribution in [2.75, 3.05) is 26.7 Å². The molecule has 5 heteroatoms. The summed E-state index contributed by atoms with van der Waals surface area (Å²) in [6.45, 7) is 5.10. The zero-order valence-corrected chi connectivity index (χ0v) is 20.7.